The maximum Gasteiger partial charge on any atom is 0.271 e. The molecule has 2 aromatic rings. The molecule has 1 atom stereocenters. The molecular formula is C29H38Cl2N8O3. The number of aliphatic imine (C=N–C) groups is 1. The summed E-state index contributed by atoms with van der Waals surface area (Å²) >= 11 is 13.1. The van der Waals surface area contributed by atoms with Crippen molar-refractivity contribution in [1.82, 2.24) is 24.7 Å². The van der Waals surface area contributed by atoms with Gasteiger partial charge in [0.15, 0.2) is 5.15 Å². The van der Waals surface area contributed by atoms with Crippen molar-refractivity contribution >= 4 is 46.5 Å². The molecule has 1 aromatic heterocycles. The number of anilines is 1. The lowest BCUT2D eigenvalue weighted by molar-refractivity contribution is -0.130. The standard InChI is InChI=1S/C29H38Cl2N8O3/c1-5-24(40)38-11-16(12-38)35-28(41)25-26(31)36-23(39(25)17-6-7-37(13-17)18-14-42-15-18)10-34-27(33)19-8-20(29(2,3)4)21(30)9-22(19)32/h5,8-9,16-18H,1,6-7,10-15,32H2,2-4H3,(H2,33,34)(H,35,41). The fourth-order valence-corrected chi connectivity index (χ4v) is 6.39. The maximum atomic E-state index is 13.6. The zero-order valence-electron chi connectivity index (χ0n) is 24.2. The monoisotopic (exact) mass is 616 g/mol. The number of benzene rings is 1. The SMILES string of the molecule is C=CC(=O)N1CC(NC(=O)c2c(Cl)nc(CN=C(N)c3cc(C(C)(C)C)c(Cl)cc3N)n2C2CCN(C3COC3)C2)C1. The highest BCUT2D eigenvalue weighted by Gasteiger charge is 2.38. The number of nitrogens with one attached hydrogen (secondary N) is 1. The summed E-state index contributed by atoms with van der Waals surface area (Å²) in [6, 6.07) is 3.73. The third kappa shape index (κ3) is 6.01. The minimum atomic E-state index is -0.339. The van der Waals surface area contributed by atoms with Crippen LogP contribution in [0.1, 0.15) is 60.7 Å². The molecule has 0 saturated carbocycles. The Labute approximate surface area is 255 Å². The molecule has 0 aliphatic carbocycles. The van der Waals surface area contributed by atoms with E-state index in [1.54, 1.807) is 11.0 Å². The lowest BCUT2D eigenvalue weighted by Gasteiger charge is -2.39. The Bertz CT molecular complexity index is 1420. The number of imidazole rings is 1. The lowest BCUT2D eigenvalue weighted by atomic mass is 9.85. The average molecular weight is 618 g/mol. The lowest BCUT2D eigenvalue weighted by Crippen LogP contribution is -2.60. The number of hydrogen-bond donors (Lipinski definition) is 3. The molecule has 4 heterocycles. The zero-order chi connectivity index (χ0) is 30.3. The van der Waals surface area contributed by atoms with Crippen molar-refractivity contribution in [3.63, 3.8) is 0 Å². The van der Waals surface area contributed by atoms with Crippen molar-refractivity contribution in [1.29, 1.82) is 0 Å². The first-order chi connectivity index (χ1) is 19.9. The molecule has 1 aromatic carbocycles. The number of nitrogen functional groups attached to an aromatic ring is 1. The van der Waals surface area contributed by atoms with Crippen LogP contribution in [0.5, 0.6) is 0 Å². The molecule has 0 radical (unpaired) electrons. The Balaban J connectivity index is 1.42. The van der Waals surface area contributed by atoms with E-state index in [-0.39, 0.29) is 52.5 Å². The number of halogens is 2. The number of rotatable bonds is 8. The number of ether oxygens (including phenoxy) is 1. The predicted molar refractivity (Wildman–Crippen MR) is 164 cm³/mol. The van der Waals surface area contributed by atoms with E-state index in [1.807, 2.05) is 10.6 Å². The van der Waals surface area contributed by atoms with Crippen LogP contribution in [0, 0.1) is 0 Å². The van der Waals surface area contributed by atoms with Crippen molar-refractivity contribution in [2.45, 2.75) is 57.3 Å². The van der Waals surface area contributed by atoms with Crippen LogP contribution in [0.25, 0.3) is 0 Å². The van der Waals surface area contributed by atoms with Gasteiger partial charge in [0, 0.05) is 48.5 Å². The van der Waals surface area contributed by atoms with Crippen LogP contribution in [0.3, 0.4) is 0 Å². The van der Waals surface area contributed by atoms with Gasteiger partial charge in [0.1, 0.15) is 17.4 Å². The van der Waals surface area contributed by atoms with Gasteiger partial charge in [-0.2, -0.15) is 0 Å². The highest BCUT2D eigenvalue weighted by molar-refractivity contribution is 6.32. The van der Waals surface area contributed by atoms with E-state index in [2.05, 4.69) is 47.5 Å². The zero-order valence-corrected chi connectivity index (χ0v) is 25.7. The second-order valence-electron chi connectivity index (χ2n) is 12.2. The molecule has 0 spiro atoms. The number of likely N-dealkylation sites (tertiary alicyclic amines) is 2. The number of carbonyl (C=O) groups is 2. The Hall–Kier alpha value is -3.12. The van der Waals surface area contributed by atoms with Gasteiger partial charge in [0.2, 0.25) is 5.91 Å². The van der Waals surface area contributed by atoms with E-state index in [4.69, 9.17) is 39.4 Å². The number of carbonyl (C=O) groups excluding carboxylic acids is 2. The van der Waals surface area contributed by atoms with Crippen LogP contribution < -0.4 is 16.8 Å². The number of aromatic nitrogens is 2. The van der Waals surface area contributed by atoms with Crippen LogP contribution in [0.15, 0.2) is 29.8 Å². The smallest absolute Gasteiger partial charge is 0.271 e. The Morgan fingerprint density at radius 2 is 1.93 bits per heavy atom. The van der Waals surface area contributed by atoms with Gasteiger partial charge in [0.05, 0.1) is 31.8 Å². The number of nitrogens with two attached hydrogens (primary N) is 2. The summed E-state index contributed by atoms with van der Waals surface area (Å²) in [6.07, 6.45) is 2.09. The highest BCUT2D eigenvalue weighted by atomic mass is 35.5. The quantitative estimate of drug-likeness (QED) is 0.179. The molecule has 3 fully saturated rings. The molecule has 226 valence electrons. The van der Waals surface area contributed by atoms with Crippen LogP contribution in [-0.4, -0.2) is 88.5 Å². The molecule has 3 aliphatic heterocycles. The van der Waals surface area contributed by atoms with Gasteiger partial charge in [-0.1, -0.05) is 50.6 Å². The molecule has 1 unspecified atom stereocenters. The first-order valence-electron chi connectivity index (χ1n) is 14.1. The van der Waals surface area contributed by atoms with Gasteiger partial charge >= 0.3 is 0 Å². The van der Waals surface area contributed by atoms with Crippen LogP contribution in [-0.2, 0) is 21.5 Å². The number of hydrogen-bond acceptors (Lipinski definition) is 7. The molecule has 5 rings (SSSR count). The molecule has 3 aliphatic rings. The van der Waals surface area contributed by atoms with E-state index < -0.39 is 0 Å². The summed E-state index contributed by atoms with van der Waals surface area (Å²) in [6.45, 7) is 13.6. The van der Waals surface area contributed by atoms with Gasteiger partial charge < -0.3 is 31.0 Å². The molecule has 3 saturated heterocycles. The second-order valence-corrected chi connectivity index (χ2v) is 12.9. The summed E-state index contributed by atoms with van der Waals surface area (Å²) in [5.74, 6) is 0.273. The Morgan fingerprint density at radius 3 is 2.55 bits per heavy atom. The summed E-state index contributed by atoms with van der Waals surface area (Å²) in [4.78, 5) is 38.6. The van der Waals surface area contributed by atoms with Crippen molar-refractivity contribution < 1.29 is 14.3 Å². The van der Waals surface area contributed by atoms with Gasteiger partial charge in [-0.25, -0.2) is 4.98 Å². The van der Waals surface area contributed by atoms with E-state index in [1.165, 1.54) is 6.08 Å². The number of amidine groups is 1. The highest BCUT2D eigenvalue weighted by Crippen LogP contribution is 2.34. The van der Waals surface area contributed by atoms with Gasteiger partial charge in [0.25, 0.3) is 5.91 Å². The van der Waals surface area contributed by atoms with Gasteiger partial charge in [-0.3, -0.25) is 19.5 Å². The van der Waals surface area contributed by atoms with Crippen molar-refractivity contribution in [3.8, 4) is 0 Å². The third-order valence-electron chi connectivity index (χ3n) is 8.17. The average Bonchev–Trinajstić information content (AvgIpc) is 3.46. The first kappa shape index (κ1) is 30.3. The molecular weight excluding hydrogens is 579 g/mol. The third-order valence-corrected chi connectivity index (χ3v) is 8.75. The normalized spacial score (nSPS) is 20.4. The number of amides is 2. The summed E-state index contributed by atoms with van der Waals surface area (Å²) < 4.78 is 7.30. The topological polar surface area (TPSA) is 144 Å². The molecule has 5 N–H and O–H groups in total. The summed E-state index contributed by atoms with van der Waals surface area (Å²) in [5, 5.41) is 3.67. The minimum Gasteiger partial charge on any atom is -0.398 e. The molecule has 42 heavy (non-hydrogen) atoms. The summed E-state index contributed by atoms with van der Waals surface area (Å²) in [5.41, 5.74) is 14.7. The van der Waals surface area contributed by atoms with Crippen molar-refractivity contribution in [2.24, 2.45) is 10.7 Å². The van der Waals surface area contributed by atoms with Crippen molar-refractivity contribution in [2.75, 3.05) is 45.1 Å². The summed E-state index contributed by atoms with van der Waals surface area (Å²) in [7, 11) is 0. The molecule has 2 amide bonds. The van der Waals surface area contributed by atoms with Crippen LogP contribution in [0.2, 0.25) is 10.2 Å². The Morgan fingerprint density at radius 1 is 1.21 bits per heavy atom. The first-order valence-corrected chi connectivity index (χ1v) is 14.8. The van der Waals surface area contributed by atoms with E-state index >= 15 is 0 Å². The van der Waals surface area contributed by atoms with E-state index in [0.717, 1.165) is 25.1 Å². The fourth-order valence-electron chi connectivity index (χ4n) is 5.66. The number of nitrogens with zero attached hydrogens (tertiary/aromatic N) is 5. The predicted octanol–water partition coefficient (Wildman–Crippen LogP) is 2.75. The molecule has 11 nitrogen and oxygen atoms in total. The van der Waals surface area contributed by atoms with Crippen molar-refractivity contribution in [3.05, 3.63) is 57.6 Å². The minimum absolute atomic E-state index is 0.0360. The van der Waals surface area contributed by atoms with Crippen LogP contribution in [0.4, 0.5) is 5.69 Å². The van der Waals surface area contributed by atoms with E-state index in [0.29, 0.717) is 54.4 Å². The van der Waals surface area contributed by atoms with Gasteiger partial charge in [-0.15, -0.1) is 0 Å². The molecule has 13 heteroatoms. The van der Waals surface area contributed by atoms with E-state index in [9.17, 15) is 9.59 Å². The van der Waals surface area contributed by atoms with Crippen LogP contribution >= 0.6 is 23.2 Å². The Kier molecular flexibility index (Phi) is 8.58. The second kappa shape index (κ2) is 11.9. The maximum absolute atomic E-state index is 13.6. The largest absolute Gasteiger partial charge is 0.398 e. The fraction of sp³-hybridized carbons (Fsp3) is 0.517. The molecule has 0 bridgehead atoms. The van der Waals surface area contributed by atoms with Gasteiger partial charge in [-0.05, 0) is 35.6 Å².